The molecule has 0 saturated carbocycles. The fourth-order valence-electron chi connectivity index (χ4n) is 1.62. The van der Waals surface area contributed by atoms with E-state index in [1.807, 2.05) is 18.7 Å². The van der Waals surface area contributed by atoms with Gasteiger partial charge in [0.05, 0.1) is 11.2 Å². The molecule has 0 aliphatic heterocycles. The third-order valence-corrected chi connectivity index (χ3v) is 3.87. The normalized spacial score (nSPS) is 12.4. The van der Waals surface area contributed by atoms with Crippen molar-refractivity contribution in [3.63, 3.8) is 0 Å². The van der Waals surface area contributed by atoms with Gasteiger partial charge >= 0.3 is 7.12 Å². The van der Waals surface area contributed by atoms with E-state index in [0.29, 0.717) is 11.4 Å². The Bertz CT molecular complexity index is 442. The molecule has 118 valence electrons. The summed E-state index contributed by atoms with van der Waals surface area (Å²) in [6, 6.07) is 0. The smallest absolute Gasteiger partial charge is 0.423 e. The van der Waals surface area contributed by atoms with Crippen LogP contribution in [0.1, 0.15) is 41.5 Å². The lowest BCUT2D eigenvalue weighted by atomic mass is 9.78. The number of rotatable bonds is 7. The Hall–Kier alpha value is -1.18. The molecule has 2 N–H and O–H groups in total. The molecular weight excluding hydrogens is 269 g/mol. The molecule has 0 aliphatic carbocycles. The van der Waals surface area contributed by atoms with Gasteiger partial charge in [-0.3, -0.25) is 0 Å². The third-order valence-electron chi connectivity index (χ3n) is 3.87. The Balaban J connectivity index is 2.83. The molecule has 0 aliphatic rings. The van der Waals surface area contributed by atoms with Crippen molar-refractivity contribution in [2.45, 2.75) is 52.7 Å². The van der Waals surface area contributed by atoms with Crippen LogP contribution in [0.15, 0.2) is 12.4 Å². The van der Waals surface area contributed by atoms with E-state index in [4.69, 9.17) is 4.65 Å². The number of anilines is 1. The molecule has 0 fully saturated rings. The minimum Gasteiger partial charge on any atom is -0.423 e. The highest BCUT2D eigenvalue weighted by atomic mass is 16.5. The first kappa shape index (κ1) is 17.9. The second kappa shape index (κ2) is 6.72. The lowest BCUT2D eigenvalue weighted by molar-refractivity contribution is -0.0982. The maximum atomic E-state index is 10.1. The van der Waals surface area contributed by atoms with E-state index in [1.54, 1.807) is 40.1 Å². The van der Waals surface area contributed by atoms with Crippen molar-refractivity contribution in [3.8, 4) is 0 Å². The molecule has 0 atom stereocenters. The first-order chi connectivity index (χ1) is 9.62. The van der Waals surface area contributed by atoms with E-state index in [1.165, 1.54) is 0 Å². The van der Waals surface area contributed by atoms with E-state index >= 15 is 0 Å². The van der Waals surface area contributed by atoms with Crippen molar-refractivity contribution < 1.29 is 14.8 Å². The van der Waals surface area contributed by atoms with Crippen molar-refractivity contribution >= 4 is 18.5 Å². The SMILES string of the molecule is CCN(CC)c1ncc(B(O)OC(C)(C)C(C)(C)O)cn1. The zero-order valence-corrected chi connectivity index (χ0v) is 13.8. The molecule has 1 aromatic rings. The lowest BCUT2D eigenvalue weighted by Crippen LogP contribution is -2.53. The van der Waals surface area contributed by atoms with Crippen molar-refractivity contribution in [2.75, 3.05) is 18.0 Å². The predicted molar refractivity (Wildman–Crippen MR) is 84.7 cm³/mol. The van der Waals surface area contributed by atoms with Crippen LogP contribution in [-0.2, 0) is 4.65 Å². The number of hydrogen-bond acceptors (Lipinski definition) is 6. The molecule has 0 spiro atoms. The predicted octanol–water partition coefficient (Wildman–Crippen LogP) is 0.576. The van der Waals surface area contributed by atoms with Crippen LogP contribution >= 0.6 is 0 Å². The molecule has 0 bridgehead atoms. The van der Waals surface area contributed by atoms with Gasteiger partial charge in [-0.05, 0) is 41.5 Å². The number of hydrogen-bond donors (Lipinski definition) is 2. The third kappa shape index (κ3) is 4.39. The van der Waals surface area contributed by atoms with Crippen LogP contribution in [0.25, 0.3) is 0 Å². The van der Waals surface area contributed by atoms with Crippen LogP contribution < -0.4 is 10.4 Å². The number of aromatic nitrogens is 2. The summed E-state index contributed by atoms with van der Waals surface area (Å²) in [4.78, 5) is 10.5. The molecule has 21 heavy (non-hydrogen) atoms. The highest BCUT2D eigenvalue weighted by Crippen LogP contribution is 2.25. The van der Waals surface area contributed by atoms with E-state index in [-0.39, 0.29) is 0 Å². The minimum absolute atomic E-state index is 0.461. The molecule has 0 aromatic carbocycles. The maximum Gasteiger partial charge on any atom is 0.494 e. The standard InChI is InChI=1S/C14H26BN3O3/c1-7-18(8-2)12-16-9-11(10-17-12)15(20)21-14(5,6)13(3,4)19/h9-10,19-20H,7-8H2,1-6H3. The van der Waals surface area contributed by atoms with Gasteiger partial charge < -0.3 is 19.7 Å². The summed E-state index contributed by atoms with van der Waals surface area (Å²) < 4.78 is 5.55. The van der Waals surface area contributed by atoms with Crippen LogP contribution in [0.5, 0.6) is 0 Å². The van der Waals surface area contributed by atoms with E-state index in [0.717, 1.165) is 13.1 Å². The zero-order chi connectivity index (χ0) is 16.3. The summed E-state index contributed by atoms with van der Waals surface area (Å²) in [7, 11) is -1.18. The highest BCUT2D eigenvalue weighted by molar-refractivity contribution is 6.59. The summed E-state index contributed by atoms with van der Waals surface area (Å²) in [5.41, 5.74) is -1.54. The van der Waals surface area contributed by atoms with Crippen LogP contribution in [0.4, 0.5) is 5.95 Å². The first-order valence-corrected chi connectivity index (χ1v) is 7.27. The van der Waals surface area contributed by atoms with Gasteiger partial charge in [-0.15, -0.1) is 0 Å². The first-order valence-electron chi connectivity index (χ1n) is 7.27. The minimum atomic E-state index is -1.18. The van der Waals surface area contributed by atoms with Gasteiger partial charge in [-0.25, -0.2) is 9.97 Å². The Labute approximate surface area is 127 Å². The summed E-state index contributed by atoms with van der Waals surface area (Å²) in [6.45, 7) is 12.4. The summed E-state index contributed by atoms with van der Waals surface area (Å²) in [5, 5.41) is 20.2. The molecule has 0 amide bonds. The fourth-order valence-corrected chi connectivity index (χ4v) is 1.62. The van der Waals surface area contributed by atoms with Gasteiger partial charge in [0.25, 0.3) is 0 Å². The van der Waals surface area contributed by atoms with Gasteiger partial charge in [0.1, 0.15) is 0 Å². The molecule has 1 rings (SSSR count). The van der Waals surface area contributed by atoms with Crippen LogP contribution in [0.2, 0.25) is 0 Å². The molecule has 0 radical (unpaired) electrons. The van der Waals surface area contributed by atoms with Gasteiger partial charge in [0, 0.05) is 30.9 Å². The lowest BCUT2D eigenvalue weighted by Gasteiger charge is -2.38. The van der Waals surface area contributed by atoms with E-state index in [2.05, 4.69) is 9.97 Å². The largest absolute Gasteiger partial charge is 0.494 e. The average molecular weight is 295 g/mol. The Morgan fingerprint density at radius 3 is 2.00 bits per heavy atom. The molecule has 0 unspecified atom stereocenters. The highest BCUT2D eigenvalue weighted by Gasteiger charge is 2.39. The topological polar surface area (TPSA) is 78.7 Å². The van der Waals surface area contributed by atoms with Gasteiger partial charge in [0.15, 0.2) is 0 Å². The second-order valence-electron chi connectivity index (χ2n) is 6.03. The monoisotopic (exact) mass is 295 g/mol. The molecule has 0 saturated heterocycles. The van der Waals surface area contributed by atoms with E-state index < -0.39 is 18.3 Å². The number of nitrogens with zero attached hydrogens (tertiary/aromatic N) is 3. The molecule has 1 heterocycles. The Morgan fingerprint density at radius 2 is 1.62 bits per heavy atom. The zero-order valence-electron chi connectivity index (χ0n) is 13.8. The maximum absolute atomic E-state index is 10.1. The van der Waals surface area contributed by atoms with Gasteiger partial charge in [-0.1, -0.05) is 0 Å². The Kier molecular flexibility index (Phi) is 5.72. The van der Waals surface area contributed by atoms with Crippen molar-refractivity contribution in [1.82, 2.24) is 9.97 Å². The molecule has 7 heteroatoms. The summed E-state index contributed by atoms with van der Waals surface area (Å²) in [5.74, 6) is 0.623. The molecule has 6 nitrogen and oxygen atoms in total. The van der Waals surface area contributed by atoms with Crippen LogP contribution in [-0.4, -0.2) is 51.5 Å². The Morgan fingerprint density at radius 1 is 1.14 bits per heavy atom. The van der Waals surface area contributed by atoms with Gasteiger partial charge in [-0.2, -0.15) is 0 Å². The molecular formula is C14H26BN3O3. The van der Waals surface area contributed by atoms with E-state index in [9.17, 15) is 10.1 Å². The van der Waals surface area contributed by atoms with Crippen LogP contribution in [0, 0.1) is 0 Å². The fraction of sp³-hybridized carbons (Fsp3) is 0.714. The second-order valence-corrected chi connectivity index (χ2v) is 6.03. The summed E-state index contributed by atoms with van der Waals surface area (Å²) in [6.07, 6.45) is 3.09. The number of aliphatic hydroxyl groups is 1. The van der Waals surface area contributed by atoms with Crippen molar-refractivity contribution in [3.05, 3.63) is 12.4 Å². The average Bonchev–Trinajstić information content (AvgIpc) is 2.39. The van der Waals surface area contributed by atoms with Gasteiger partial charge in [0.2, 0.25) is 5.95 Å². The molecule has 1 aromatic heterocycles. The van der Waals surface area contributed by atoms with Crippen LogP contribution in [0.3, 0.4) is 0 Å². The summed E-state index contributed by atoms with van der Waals surface area (Å²) >= 11 is 0. The quantitative estimate of drug-likeness (QED) is 0.716. The van der Waals surface area contributed by atoms with Crippen molar-refractivity contribution in [1.29, 1.82) is 0 Å². The van der Waals surface area contributed by atoms with Crippen molar-refractivity contribution in [2.24, 2.45) is 0 Å².